The van der Waals surface area contributed by atoms with Gasteiger partial charge in [0.15, 0.2) is 22.0 Å². The van der Waals surface area contributed by atoms with Crippen LogP contribution in [0, 0.1) is 0 Å². The van der Waals surface area contributed by atoms with E-state index < -0.39 is 23.5 Å². The Balaban J connectivity index is 1.86. The molecule has 4 aromatic rings. The summed E-state index contributed by atoms with van der Waals surface area (Å²) in [5.41, 5.74) is 1.96. The molecule has 2 heterocycles. The molecule has 44 heavy (non-hydrogen) atoms. The first-order valence-corrected chi connectivity index (χ1v) is 15.7. The minimum Gasteiger partial charge on any atom is -0.493 e. The van der Waals surface area contributed by atoms with Gasteiger partial charge in [-0.05, 0) is 58.8 Å². The fourth-order valence-electron chi connectivity index (χ4n) is 4.86. The molecule has 0 amide bonds. The number of hydrogen-bond donors (Lipinski definition) is 0. The third-order valence-electron chi connectivity index (χ3n) is 6.67. The van der Waals surface area contributed by atoms with E-state index >= 15 is 0 Å². The zero-order valence-corrected chi connectivity index (χ0v) is 28.0. The number of carbonyl (C=O) groups excluding carboxylic acids is 2. The van der Waals surface area contributed by atoms with Crippen LogP contribution in [0.4, 0.5) is 0 Å². The van der Waals surface area contributed by atoms with Crippen LogP contribution in [0.5, 0.6) is 17.2 Å². The highest BCUT2D eigenvalue weighted by atomic mass is 79.9. The Morgan fingerprint density at radius 3 is 2.41 bits per heavy atom. The number of halogens is 2. The Morgan fingerprint density at radius 1 is 1.02 bits per heavy atom. The minimum atomic E-state index is -0.912. The SMILES string of the molecule is CCOC(=O)C1=C(c2ccccc2)N=c2s/c(=C\c3cc(Br)cc(Br)c3OC(C)=O)c(=O)n2[C@@H]1c1ccc(OC)c(OC)c1. The summed E-state index contributed by atoms with van der Waals surface area (Å²) in [6, 6.07) is 17.1. The van der Waals surface area contributed by atoms with Crippen molar-refractivity contribution < 1.29 is 28.5 Å². The molecule has 0 radical (unpaired) electrons. The molecule has 0 aliphatic carbocycles. The van der Waals surface area contributed by atoms with Crippen LogP contribution in [0.25, 0.3) is 11.8 Å². The molecule has 0 N–H and O–H groups in total. The fraction of sp³-hybridized carbons (Fsp3) is 0.188. The van der Waals surface area contributed by atoms with Gasteiger partial charge in [0.1, 0.15) is 0 Å². The molecule has 226 valence electrons. The van der Waals surface area contributed by atoms with Gasteiger partial charge in [-0.2, -0.15) is 0 Å². The number of aromatic nitrogens is 1. The molecule has 0 spiro atoms. The lowest BCUT2D eigenvalue weighted by Gasteiger charge is -2.26. The Kier molecular flexibility index (Phi) is 9.52. The van der Waals surface area contributed by atoms with Crippen LogP contribution in [0.15, 0.2) is 85.0 Å². The van der Waals surface area contributed by atoms with E-state index in [-0.39, 0.29) is 17.9 Å². The lowest BCUT2D eigenvalue weighted by atomic mass is 9.93. The second kappa shape index (κ2) is 13.3. The number of thiazole rings is 1. The van der Waals surface area contributed by atoms with Gasteiger partial charge in [0.25, 0.3) is 5.56 Å². The summed E-state index contributed by atoms with van der Waals surface area (Å²) in [5, 5.41) is 0. The average Bonchev–Trinajstić information content (AvgIpc) is 3.32. The van der Waals surface area contributed by atoms with Crippen molar-refractivity contribution in [3.05, 3.63) is 112 Å². The Hall–Kier alpha value is -4.00. The summed E-state index contributed by atoms with van der Waals surface area (Å²) in [4.78, 5) is 45.1. The summed E-state index contributed by atoms with van der Waals surface area (Å²) < 4.78 is 25.0. The number of methoxy groups -OCH3 is 2. The van der Waals surface area contributed by atoms with Crippen molar-refractivity contribution in [3.8, 4) is 17.2 Å². The molecule has 1 atom stereocenters. The third-order valence-corrected chi connectivity index (χ3v) is 8.70. The van der Waals surface area contributed by atoms with E-state index in [9.17, 15) is 14.4 Å². The van der Waals surface area contributed by atoms with Gasteiger partial charge < -0.3 is 18.9 Å². The molecule has 0 saturated heterocycles. The number of fused-ring (bicyclic) bond motifs is 1. The van der Waals surface area contributed by atoms with Crippen LogP contribution in [0.1, 0.15) is 36.6 Å². The van der Waals surface area contributed by atoms with E-state index in [1.54, 1.807) is 43.3 Å². The van der Waals surface area contributed by atoms with Gasteiger partial charge in [-0.25, -0.2) is 9.79 Å². The maximum Gasteiger partial charge on any atom is 0.338 e. The van der Waals surface area contributed by atoms with Crippen molar-refractivity contribution in [3.63, 3.8) is 0 Å². The zero-order valence-electron chi connectivity index (χ0n) is 24.1. The molecule has 1 aliphatic rings. The number of nitrogens with zero attached hydrogens (tertiary/aromatic N) is 2. The van der Waals surface area contributed by atoms with Gasteiger partial charge in [0.05, 0.1) is 47.1 Å². The Morgan fingerprint density at radius 2 is 1.75 bits per heavy atom. The van der Waals surface area contributed by atoms with Crippen molar-refractivity contribution in [1.29, 1.82) is 0 Å². The number of carbonyl (C=O) groups is 2. The standard InChI is InChI=1S/C32H26Br2N2O7S/c1-5-42-31(39)26-27(18-9-7-6-8-10-18)35-32-36(28(26)19-11-12-23(40-3)24(14-19)41-4)30(38)25(44-32)15-20-13-21(33)16-22(34)29(20)43-17(2)37/h6-16,28H,5H2,1-4H3/b25-15-/t28-/m1/s1. The van der Waals surface area contributed by atoms with Crippen LogP contribution in [-0.4, -0.2) is 37.3 Å². The zero-order chi connectivity index (χ0) is 31.5. The van der Waals surface area contributed by atoms with E-state index in [1.165, 1.54) is 25.7 Å². The van der Waals surface area contributed by atoms with Crippen LogP contribution >= 0.6 is 43.2 Å². The molecule has 9 nitrogen and oxygen atoms in total. The highest BCUT2D eigenvalue weighted by Gasteiger charge is 2.35. The largest absolute Gasteiger partial charge is 0.493 e. The molecule has 0 unspecified atom stereocenters. The first-order valence-electron chi connectivity index (χ1n) is 13.3. The molecule has 0 saturated carbocycles. The molecule has 5 rings (SSSR count). The monoisotopic (exact) mass is 740 g/mol. The van der Waals surface area contributed by atoms with E-state index in [4.69, 9.17) is 23.9 Å². The van der Waals surface area contributed by atoms with Gasteiger partial charge in [-0.15, -0.1) is 0 Å². The Labute approximate surface area is 273 Å². The summed E-state index contributed by atoms with van der Waals surface area (Å²) in [5.74, 6) is 0.0759. The Bertz CT molecular complexity index is 1980. The van der Waals surface area contributed by atoms with Gasteiger partial charge in [0.2, 0.25) is 0 Å². The number of benzene rings is 3. The van der Waals surface area contributed by atoms with Gasteiger partial charge in [0, 0.05) is 22.5 Å². The second-order valence-electron chi connectivity index (χ2n) is 9.45. The van der Waals surface area contributed by atoms with Crippen molar-refractivity contribution >= 4 is 66.9 Å². The van der Waals surface area contributed by atoms with E-state index in [2.05, 4.69) is 31.9 Å². The summed E-state index contributed by atoms with van der Waals surface area (Å²) in [6.45, 7) is 3.15. The number of ether oxygens (including phenoxy) is 4. The predicted molar refractivity (Wildman–Crippen MR) is 174 cm³/mol. The molecule has 12 heteroatoms. The highest BCUT2D eigenvalue weighted by molar-refractivity contribution is 9.11. The van der Waals surface area contributed by atoms with Crippen LogP contribution in [0.3, 0.4) is 0 Å². The quantitative estimate of drug-likeness (QED) is 0.176. The molecule has 3 aromatic carbocycles. The predicted octanol–water partition coefficient (Wildman–Crippen LogP) is 5.40. The topological polar surface area (TPSA) is 105 Å². The summed E-state index contributed by atoms with van der Waals surface area (Å²) in [7, 11) is 3.05. The maximum atomic E-state index is 14.3. The highest BCUT2D eigenvalue weighted by Crippen LogP contribution is 2.39. The number of esters is 2. The van der Waals surface area contributed by atoms with Crippen LogP contribution < -0.4 is 29.1 Å². The first-order chi connectivity index (χ1) is 21.2. The first kappa shape index (κ1) is 31.4. The lowest BCUT2D eigenvalue weighted by molar-refractivity contribution is -0.139. The molecule has 0 bridgehead atoms. The second-order valence-corrected chi connectivity index (χ2v) is 12.2. The smallest absolute Gasteiger partial charge is 0.338 e. The van der Waals surface area contributed by atoms with Crippen LogP contribution in [0.2, 0.25) is 0 Å². The number of rotatable bonds is 8. The van der Waals surface area contributed by atoms with Crippen molar-refractivity contribution in [2.45, 2.75) is 19.9 Å². The van der Waals surface area contributed by atoms with Gasteiger partial charge in [-0.3, -0.25) is 14.2 Å². The average molecular weight is 742 g/mol. The normalized spacial score (nSPS) is 14.5. The van der Waals surface area contributed by atoms with Crippen molar-refractivity contribution in [2.24, 2.45) is 4.99 Å². The van der Waals surface area contributed by atoms with Crippen molar-refractivity contribution in [2.75, 3.05) is 20.8 Å². The van der Waals surface area contributed by atoms with E-state index in [0.29, 0.717) is 52.2 Å². The number of hydrogen-bond acceptors (Lipinski definition) is 9. The molecular formula is C32H26Br2N2O7S. The fourth-order valence-corrected chi connectivity index (χ4v) is 7.19. The molecular weight excluding hydrogens is 716 g/mol. The summed E-state index contributed by atoms with van der Waals surface area (Å²) in [6.07, 6.45) is 1.64. The lowest BCUT2D eigenvalue weighted by Crippen LogP contribution is -2.40. The van der Waals surface area contributed by atoms with Gasteiger partial charge >= 0.3 is 11.9 Å². The summed E-state index contributed by atoms with van der Waals surface area (Å²) >= 11 is 8.07. The molecule has 1 aromatic heterocycles. The van der Waals surface area contributed by atoms with E-state index in [1.807, 2.05) is 30.3 Å². The van der Waals surface area contributed by atoms with Gasteiger partial charge in [-0.1, -0.05) is 63.7 Å². The minimum absolute atomic E-state index is 0.129. The molecule has 0 fully saturated rings. The maximum absolute atomic E-state index is 14.3. The molecule has 1 aliphatic heterocycles. The third kappa shape index (κ3) is 6.15. The van der Waals surface area contributed by atoms with Crippen molar-refractivity contribution in [1.82, 2.24) is 4.57 Å². The van der Waals surface area contributed by atoms with Crippen LogP contribution in [-0.2, 0) is 14.3 Å². The van der Waals surface area contributed by atoms with E-state index in [0.717, 1.165) is 11.3 Å².